The average Bonchev–Trinajstić information content (AvgIpc) is 3.26. The van der Waals surface area contributed by atoms with Gasteiger partial charge in [-0.15, -0.1) is 0 Å². The molecule has 3 heterocycles. The maximum atomic E-state index is 10.9. The Labute approximate surface area is 161 Å². The van der Waals surface area contributed by atoms with E-state index in [0.717, 1.165) is 0 Å². The zero-order valence-electron chi connectivity index (χ0n) is 15.3. The van der Waals surface area contributed by atoms with Crippen molar-refractivity contribution in [3.05, 3.63) is 42.4 Å². The summed E-state index contributed by atoms with van der Waals surface area (Å²) in [4.78, 5) is 8.57. The van der Waals surface area contributed by atoms with Gasteiger partial charge in [-0.3, -0.25) is 4.57 Å². The monoisotopic (exact) mass is 389 g/mol. The largest absolute Gasteiger partial charge is 0.468 e. The van der Waals surface area contributed by atoms with Gasteiger partial charge in [0.2, 0.25) is 0 Å². The zero-order chi connectivity index (χ0) is 19.5. The van der Waals surface area contributed by atoms with Crippen LogP contribution in [0.15, 0.2) is 41.7 Å². The lowest BCUT2D eigenvalue weighted by molar-refractivity contribution is -0.102. The predicted molar refractivity (Wildman–Crippen MR) is 99.0 cm³/mol. The van der Waals surface area contributed by atoms with Gasteiger partial charge in [0, 0.05) is 7.11 Å². The fourth-order valence-electron chi connectivity index (χ4n) is 3.32. The van der Waals surface area contributed by atoms with E-state index in [9.17, 15) is 5.11 Å². The van der Waals surface area contributed by atoms with Crippen molar-refractivity contribution < 1.29 is 24.1 Å². The molecule has 10 nitrogen and oxygen atoms in total. The van der Waals surface area contributed by atoms with Crippen molar-refractivity contribution in [1.29, 1.82) is 0 Å². The van der Waals surface area contributed by atoms with Crippen LogP contribution in [-0.2, 0) is 14.2 Å². The Hall–Kier alpha value is -2.50. The van der Waals surface area contributed by atoms with Crippen molar-refractivity contribution in [3.63, 3.8) is 0 Å². The molecule has 0 bridgehead atoms. The van der Waals surface area contributed by atoms with Gasteiger partial charge >= 0.3 is 0 Å². The molecule has 0 aliphatic carbocycles. The molecular weight excluding hydrogens is 366 g/mol. The lowest BCUT2D eigenvalue weighted by atomic mass is 10.1. The maximum absolute atomic E-state index is 10.9. The van der Waals surface area contributed by atoms with Crippen molar-refractivity contribution in [2.24, 2.45) is 10.7 Å². The van der Waals surface area contributed by atoms with Crippen molar-refractivity contribution in [2.45, 2.75) is 30.7 Å². The smallest absolute Gasteiger partial charge is 0.189 e. The van der Waals surface area contributed by atoms with Crippen LogP contribution in [0, 0.1) is 0 Å². The Balaban J connectivity index is 1.48. The van der Waals surface area contributed by atoms with E-state index in [4.69, 9.17) is 24.7 Å². The minimum absolute atomic E-state index is 0.0307. The molecule has 2 aromatic rings. The van der Waals surface area contributed by atoms with Crippen LogP contribution in [0.3, 0.4) is 0 Å². The highest BCUT2D eigenvalue weighted by molar-refractivity contribution is 5.65. The number of ether oxygens (including phenoxy) is 4. The van der Waals surface area contributed by atoms with Crippen LogP contribution in [0.1, 0.15) is 18.1 Å². The molecule has 1 aromatic heterocycles. The molecular formula is C18H23N5O5. The van der Waals surface area contributed by atoms with Gasteiger partial charge in [0.1, 0.15) is 35.9 Å². The van der Waals surface area contributed by atoms with Gasteiger partial charge in [0.05, 0.1) is 19.3 Å². The van der Waals surface area contributed by atoms with Crippen LogP contribution in [0.2, 0.25) is 0 Å². The number of aliphatic hydroxyl groups excluding tert-OH is 1. The van der Waals surface area contributed by atoms with Gasteiger partial charge in [-0.25, -0.2) is 9.98 Å². The molecule has 4 rings (SSSR count). The van der Waals surface area contributed by atoms with Gasteiger partial charge in [-0.1, -0.05) is 18.2 Å². The summed E-state index contributed by atoms with van der Waals surface area (Å²) in [5.41, 5.74) is 6.56. The number of fused-ring (bicyclic) bond motifs is 1. The van der Waals surface area contributed by atoms with Gasteiger partial charge < -0.3 is 35.1 Å². The molecule has 1 fully saturated rings. The third-order valence-electron chi connectivity index (χ3n) is 4.67. The summed E-state index contributed by atoms with van der Waals surface area (Å²) in [6.45, 7) is 0.224. The number of aliphatic imine (C=N–C) groups is 1. The third-order valence-corrected chi connectivity index (χ3v) is 4.67. The van der Waals surface area contributed by atoms with E-state index in [-0.39, 0.29) is 13.4 Å². The Morgan fingerprint density at radius 3 is 2.93 bits per heavy atom. The highest BCUT2D eigenvalue weighted by atomic mass is 16.7. The number of hydrogen-bond acceptors (Lipinski definition) is 9. The molecule has 0 spiro atoms. The Bertz CT molecular complexity index is 814. The second kappa shape index (κ2) is 8.25. The summed E-state index contributed by atoms with van der Waals surface area (Å²) in [6, 6.07) is 9.29. The minimum atomic E-state index is -0.973. The van der Waals surface area contributed by atoms with Crippen LogP contribution in [-0.4, -0.2) is 59.8 Å². The first-order valence-corrected chi connectivity index (χ1v) is 8.92. The van der Waals surface area contributed by atoms with Gasteiger partial charge in [-0.05, 0) is 12.1 Å². The topological polar surface area (TPSA) is 125 Å². The third kappa shape index (κ3) is 3.60. The number of nitrogens with two attached hydrogens (primary N) is 1. The first-order chi connectivity index (χ1) is 13.7. The molecule has 1 saturated heterocycles. The molecule has 5 atom stereocenters. The number of para-hydroxylation sites is 1. The molecule has 10 heteroatoms. The van der Waals surface area contributed by atoms with E-state index in [2.05, 4.69) is 15.3 Å². The van der Waals surface area contributed by atoms with Crippen molar-refractivity contribution in [2.75, 3.05) is 20.5 Å². The van der Waals surface area contributed by atoms with Gasteiger partial charge in [0.15, 0.2) is 18.8 Å². The molecule has 2 aliphatic heterocycles. The normalized spacial score (nSPS) is 28.8. The lowest BCUT2D eigenvalue weighted by Gasteiger charge is -2.21. The summed E-state index contributed by atoms with van der Waals surface area (Å²) >= 11 is 0. The zero-order valence-corrected chi connectivity index (χ0v) is 15.3. The first-order valence-electron chi connectivity index (χ1n) is 8.92. The van der Waals surface area contributed by atoms with Crippen molar-refractivity contribution >= 4 is 12.2 Å². The van der Waals surface area contributed by atoms with E-state index in [1.54, 1.807) is 18.0 Å². The fourth-order valence-corrected chi connectivity index (χ4v) is 3.32. The van der Waals surface area contributed by atoms with Gasteiger partial charge in [0.25, 0.3) is 0 Å². The minimum Gasteiger partial charge on any atom is -0.468 e. The summed E-state index contributed by atoms with van der Waals surface area (Å²) < 4.78 is 24.3. The summed E-state index contributed by atoms with van der Waals surface area (Å²) in [6.07, 6.45) is -0.253. The molecule has 0 radical (unpaired) electrons. The van der Waals surface area contributed by atoms with Crippen LogP contribution in [0.5, 0.6) is 5.75 Å². The second-order valence-corrected chi connectivity index (χ2v) is 6.48. The number of benzene rings is 1. The fraction of sp³-hybridized carbons (Fsp3) is 0.444. The van der Waals surface area contributed by atoms with E-state index in [1.165, 1.54) is 6.34 Å². The quantitative estimate of drug-likeness (QED) is 0.582. The van der Waals surface area contributed by atoms with Crippen LogP contribution < -0.4 is 15.8 Å². The molecule has 2 aliphatic rings. The number of nitrogens with one attached hydrogen (secondary N) is 1. The van der Waals surface area contributed by atoms with Crippen LogP contribution in [0.4, 0.5) is 5.82 Å². The molecule has 1 aromatic carbocycles. The summed E-state index contributed by atoms with van der Waals surface area (Å²) in [7, 11) is 1.56. The molecule has 5 unspecified atom stereocenters. The standard InChI is InChI=1S/C18H23N5O5/c1-25-7-12-15(27-10-26-11-5-3-2-4-6-11)14(24)18(28-12)23-9-22-13-16(19)20-8-21-17(13)23/h2-6,8-9,12,14-16,18,24H,7,10,19H2,1H3,(H,20,21). The average molecular weight is 389 g/mol. The number of aromatic nitrogens is 2. The number of imidazole rings is 1. The highest BCUT2D eigenvalue weighted by Gasteiger charge is 2.46. The second-order valence-electron chi connectivity index (χ2n) is 6.48. The molecule has 0 saturated carbocycles. The maximum Gasteiger partial charge on any atom is 0.189 e. The van der Waals surface area contributed by atoms with Crippen LogP contribution in [0.25, 0.3) is 0 Å². The Morgan fingerprint density at radius 1 is 1.32 bits per heavy atom. The molecule has 0 amide bonds. The number of nitrogens with zero attached hydrogens (tertiary/aromatic N) is 3. The number of hydrogen-bond donors (Lipinski definition) is 3. The van der Waals surface area contributed by atoms with E-state index in [0.29, 0.717) is 17.3 Å². The molecule has 4 N–H and O–H groups in total. The predicted octanol–water partition coefficient (Wildman–Crippen LogP) is 0.430. The number of rotatable bonds is 7. The van der Waals surface area contributed by atoms with Gasteiger partial charge in [-0.2, -0.15) is 0 Å². The number of aliphatic hydroxyl groups is 1. The SMILES string of the molecule is COCC1OC(n2cnc3c2N=CNC3N)C(O)C1OCOc1ccccc1. The van der Waals surface area contributed by atoms with Crippen molar-refractivity contribution in [1.82, 2.24) is 14.9 Å². The van der Waals surface area contributed by atoms with E-state index < -0.39 is 30.7 Å². The van der Waals surface area contributed by atoms with E-state index >= 15 is 0 Å². The van der Waals surface area contributed by atoms with Crippen LogP contribution >= 0.6 is 0 Å². The summed E-state index contributed by atoms with van der Waals surface area (Å²) in [5.74, 6) is 1.21. The Kier molecular flexibility index (Phi) is 5.55. The van der Waals surface area contributed by atoms with Crippen molar-refractivity contribution in [3.8, 4) is 5.75 Å². The highest BCUT2D eigenvalue weighted by Crippen LogP contribution is 2.36. The van der Waals surface area contributed by atoms with E-state index in [1.807, 2.05) is 30.3 Å². The summed E-state index contributed by atoms with van der Waals surface area (Å²) in [5, 5.41) is 13.8. The first kappa shape index (κ1) is 18.8. The molecule has 150 valence electrons. The lowest BCUT2D eigenvalue weighted by Crippen LogP contribution is -2.37. The number of methoxy groups -OCH3 is 1. The molecule has 28 heavy (non-hydrogen) atoms. The Morgan fingerprint density at radius 2 is 2.14 bits per heavy atom.